The number of unbranched alkanes of at least 4 members (excludes halogenated alkanes) is 3. The smallest absolute Gasteiger partial charge is 0.338 e. The van der Waals surface area contributed by atoms with Gasteiger partial charge in [0.15, 0.2) is 0 Å². The summed E-state index contributed by atoms with van der Waals surface area (Å²) in [6, 6.07) is 6.93. The highest BCUT2D eigenvalue weighted by molar-refractivity contribution is 5.89. The van der Waals surface area contributed by atoms with Gasteiger partial charge in [-0.3, -0.25) is 4.79 Å². The van der Waals surface area contributed by atoms with Gasteiger partial charge in [-0.1, -0.05) is 0 Å². The molecule has 0 saturated heterocycles. The van der Waals surface area contributed by atoms with Crippen LogP contribution in [0.2, 0.25) is 0 Å². The Hall–Kier alpha value is -2.08. The maximum atomic E-state index is 11.9. The highest BCUT2D eigenvalue weighted by atomic mass is 16.5. The van der Waals surface area contributed by atoms with Crippen molar-refractivity contribution in [2.45, 2.75) is 32.1 Å². The van der Waals surface area contributed by atoms with Crippen molar-refractivity contribution in [3.8, 4) is 5.75 Å². The highest BCUT2D eigenvalue weighted by Gasteiger charge is 2.07. The van der Waals surface area contributed by atoms with Crippen LogP contribution in [0.5, 0.6) is 5.75 Å². The summed E-state index contributed by atoms with van der Waals surface area (Å²) in [4.78, 5) is 21.8. The highest BCUT2D eigenvalue weighted by Crippen LogP contribution is 2.13. The van der Waals surface area contributed by atoms with Crippen LogP contribution in [-0.4, -0.2) is 46.0 Å². The second-order valence-electron chi connectivity index (χ2n) is 5.24. The Balaban J connectivity index is 2.17. The number of ether oxygens (including phenoxy) is 4. The lowest BCUT2D eigenvalue weighted by atomic mass is 10.2. The van der Waals surface area contributed by atoms with Crippen molar-refractivity contribution in [3.05, 3.63) is 29.8 Å². The lowest BCUT2D eigenvalue weighted by Gasteiger charge is -2.08. The number of methoxy groups -OCH3 is 1. The molecule has 0 unspecified atom stereocenters. The molecular weight excluding hydrogens is 312 g/mol. The van der Waals surface area contributed by atoms with Crippen molar-refractivity contribution < 1.29 is 28.5 Å². The Labute approximate surface area is 143 Å². The molecule has 1 aromatic carbocycles. The fourth-order valence-electron chi connectivity index (χ4n) is 1.99. The third-order valence-electron chi connectivity index (χ3n) is 3.31. The number of hydrogen-bond donors (Lipinski definition) is 0. The van der Waals surface area contributed by atoms with Crippen molar-refractivity contribution in [2.75, 3.05) is 33.5 Å². The van der Waals surface area contributed by atoms with Crippen LogP contribution in [0, 0.1) is 0 Å². The average molecular weight is 338 g/mol. The molecule has 0 bridgehead atoms. The second-order valence-corrected chi connectivity index (χ2v) is 5.24. The fraction of sp³-hybridized carbons (Fsp3) is 0.556. The molecule has 0 aliphatic rings. The zero-order valence-electron chi connectivity index (χ0n) is 14.2. The van der Waals surface area contributed by atoms with Crippen LogP contribution < -0.4 is 4.74 Å². The number of carbonyl (C=O) groups excluding carboxylic acids is 2. The lowest BCUT2D eigenvalue weighted by molar-refractivity contribution is -0.128. The molecule has 1 rings (SSSR count). The van der Waals surface area contributed by atoms with E-state index in [2.05, 4.69) is 4.74 Å². The molecule has 0 fully saturated rings. The molecule has 134 valence electrons. The molecule has 0 spiro atoms. The lowest BCUT2D eigenvalue weighted by Crippen LogP contribution is -2.07. The molecular formula is C18H26O6. The Kier molecular flexibility index (Phi) is 11.1. The summed E-state index contributed by atoms with van der Waals surface area (Å²) < 4.78 is 20.3. The summed E-state index contributed by atoms with van der Waals surface area (Å²) in [6.45, 7) is 2.56. The van der Waals surface area contributed by atoms with Crippen LogP contribution in [0.1, 0.15) is 42.5 Å². The zero-order chi connectivity index (χ0) is 17.5. The number of benzene rings is 1. The van der Waals surface area contributed by atoms with E-state index in [0.717, 1.165) is 44.5 Å². The van der Waals surface area contributed by atoms with E-state index >= 15 is 0 Å². The largest absolute Gasteiger partial charge is 0.494 e. The number of carbonyl (C=O) groups is 2. The van der Waals surface area contributed by atoms with Gasteiger partial charge in [-0.15, -0.1) is 0 Å². The minimum absolute atomic E-state index is 0.342. The van der Waals surface area contributed by atoms with Crippen molar-refractivity contribution >= 4 is 12.4 Å². The number of rotatable bonds is 14. The Morgan fingerprint density at radius 3 is 2.29 bits per heavy atom. The molecule has 24 heavy (non-hydrogen) atoms. The minimum Gasteiger partial charge on any atom is -0.494 e. The summed E-state index contributed by atoms with van der Waals surface area (Å²) in [7, 11) is 1.68. The van der Waals surface area contributed by atoms with Gasteiger partial charge in [0.05, 0.1) is 25.4 Å². The van der Waals surface area contributed by atoms with Crippen LogP contribution in [0.3, 0.4) is 0 Å². The summed E-state index contributed by atoms with van der Waals surface area (Å²) >= 11 is 0. The van der Waals surface area contributed by atoms with Crippen molar-refractivity contribution in [1.29, 1.82) is 0 Å². The van der Waals surface area contributed by atoms with Crippen molar-refractivity contribution in [3.63, 3.8) is 0 Å². The van der Waals surface area contributed by atoms with Crippen LogP contribution in [-0.2, 0) is 19.0 Å². The maximum absolute atomic E-state index is 11.9. The van der Waals surface area contributed by atoms with Crippen LogP contribution in [0.25, 0.3) is 0 Å². The average Bonchev–Trinajstić information content (AvgIpc) is 2.61. The topological polar surface area (TPSA) is 71.1 Å². The Bertz CT molecular complexity index is 457. The van der Waals surface area contributed by atoms with Gasteiger partial charge in [-0.05, 0) is 56.4 Å². The molecule has 0 saturated carbocycles. The molecule has 0 N–H and O–H groups in total. The predicted octanol–water partition coefficient (Wildman–Crippen LogP) is 2.99. The summed E-state index contributed by atoms with van der Waals surface area (Å²) in [5, 5.41) is 0. The monoisotopic (exact) mass is 338 g/mol. The van der Waals surface area contributed by atoms with Gasteiger partial charge in [0, 0.05) is 13.7 Å². The van der Waals surface area contributed by atoms with Gasteiger partial charge in [0.2, 0.25) is 0 Å². The van der Waals surface area contributed by atoms with Gasteiger partial charge in [0.25, 0.3) is 6.47 Å². The van der Waals surface area contributed by atoms with Crippen molar-refractivity contribution in [2.24, 2.45) is 0 Å². The first-order valence-corrected chi connectivity index (χ1v) is 8.22. The first kappa shape index (κ1) is 20.0. The van der Waals surface area contributed by atoms with E-state index in [9.17, 15) is 9.59 Å². The SMILES string of the molecule is COCCCCOc1ccc(C(=O)OCCCCCOC=O)cc1. The van der Waals surface area contributed by atoms with Crippen LogP contribution in [0.4, 0.5) is 0 Å². The predicted molar refractivity (Wildman–Crippen MR) is 89.2 cm³/mol. The number of hydrogen-bond acceptors (Lipinski definition) is 6. The summed E-state index contributed by atoms with van der Waals surface area (Å²) in [6.07, 6.45) is 4.25. The van der Waals surface area contributed by atoms with E-state index in [1.54, 1.807) is 31.4 Å². The van der Waals surface area contributed by atoms with E-state index in [1.807, 2.05) is 0 Å². The third-order valence-corrected chi connectivity index (χ3v) is 3.31. The molecule has 0 atom stereocenters. The second kappa shape index (κ2) is 13.4. The van der Waals surface area contributed by atoms with Crippen molar-refractivity contribution in [1.82, 2.24) is 0 Å². The normalized spacial score (nSPS) is 10.2. The minimum atomic E-state index is -0.342. The van der Waals surface area contributed by atoms with E-state index in [4.69, 9.17) is 14.2 Å². The van der Waals surface area contributed by atoms with Gasteiger partial charge in [0.1, 0.15) is 5.75 Å². The van der Waals surface area contributed by atoms with Gasteiger partial charge >= 0.3 is 5.97 Å². The summed E-state index contributed by atoms with van der Waals surface area (Å²) in [5.41, 5.74) is 0.506. The Morgan fingerprint density at radius 1 is 0.917 bits per heavy atom. The summed E-state index contributed by atoms with van der Waals surface area (Å²) in [5.74, 6) is 0.393. The third kappa shape index (κ3) is 9.15. The molecule has 0 aliphatic carbocycles. The fourth-order valence-corrected chi connectivity index (χ4v) is 1.99. The molecule has 1 aromatic rings. The molecule has 0 heterocycles. The molecule has 6 heteroatoms. The molecule has 6 nitrogen and oxygen atoms in total. The van der Waals surface area contributed by atoms with Gasteiger partial charge < -0.3 is 18.9 Å². The first-order valence-electron chi connectivity index (χ1n) is 8.22. The maximum Gasteiger partial charge on any atom is 0.338 e. The van der Waals surface area contributed by atoms with E-state index in [1.165, 1.54) is 0 Å². The van der Waals surface area contributed by atoms with Gasteiger partial charge in [-0.25, -0.2) is 4.79 Å². The standard InChI is InChI=1S/C18H26O6/c1-21-11-5-6-13-23-17-9-7-16(8-10-17)18(20)24-14-4-2-3-12-22-15-19/h7-10,15H,2-6,11-14H2,1H3. The molecule has 0 aliphatic heterocycles. The van der Waals surface area contributed by atoms with E-state index in [-0.39, 0.29) is 5.97 Å². The first-order chi connectivity index (χ1) is 11.8. The zero-order valence-corrected chi connectivity index (χ0v) is 14.2. The van der Waals surface area contributed by atoms with Crippen LogP contribution >= 0.6 is 0 Å². The molecule has 0 aromatic heterocycles. The van der Waals surface area contributed by atoms with Crippen LogP contribution in [0.15, 0.2) is 24.3 Å². The quantitative estimate of drug-likeness (QED) is 0.295. The van der Waals surface area contributed by atoms with E-state index < -0.39 is 0 Å². The van der Waals surface area contributed by atoms with Gasteiger partial charge in [-0.2, -0.15) is 0 Å². The molecule has 0 amide bonds. The molecule has 0 radical (unpaired) electrons. The van der Waals surface area contributed by atoms with E-state index in [0.29, 0.717) is 31.9 Å². The number of esters is 1. The Morgan fingerprint density at radius 2 is 1.58 bits per heavy atom.